The molecule has 1 amide bonds. The van der Waals surface area contributed by atoms with E-state index < -0.39 is 4.92 Å². The van der Waals surface area contributed by atoms with Gasteiger partial charge in [0.15, 0.2) is 15.8 Å². The molecule has 0 aromatic heterocycles. The first-order valence-corrected chi connectivity index (χ1v) is 12.9. The molecule has 184 valence electrons. The van der Waals surface area contributed by atoms with Crippen molar-refractivity contribution in [1.29, 1.82) is 0 Å². The number of nitrogens with zero attached hydrogens (tertiary/aromatic N) is 2. The summed E-state index contributed by atoms with van der Waals surface area (Å²) in [5, 5.41) is 11.6. The van der Waals surface area contributed by atoms with Crippen molar-refractivity contribution in [3.05, 3.63) is 95.3 Å². The van der Waals surface area contributed by atoms with Crippen LogP contribution in [0.4, 0.5) is 11.4 Å². The number of thioether (sulfide) groups is 1. The lowest BCUT2D eigenvalue weighted by atomic mass is 10.1. The monoisotopic (exact) mass is 624 g/mol. The van der Waals surface area contributed by atoms with E-state index in [2.05, 4.69) is 15.9 Å². The molecule has 12 heteroatoms. The van der Waals surface area contributed by atoms with Crippen LogP contribution in [0.25, 0.3) is 6.08 Å². The second kappa shape index (κ2) is 11.2. The van der Waals surface area contributed by atoms with Crippen LogP contribution in [0.2, 0.25) is 10.0 Å². The maximum Gasteiger partial charge on any atom is 0.270 e. The summed E-state index contributed by atoms with van der Waals surface area (Å²) in [4.78, 5) is 25.3. The second-order valence-electron chi connectivity index (χ2n) is 7.35. The van der Waals surface area contributed by atoms with Crippen molar-refractivity contribution >= 4 is 90.8 Å². The van der Waals surface area contributed by atoms with Gasteiger partial charge in [-0.25, -0.2) is 0 Å². The molecule has 7 nitrogen and oxygen atoms in total. The van der Waals surface area contributed by atoms with Crippen LogP contribution < -0.4 is 14.4 Å². The summed E-state index contributed by atoms with van der Waals surface area (Å²) in [5.74, 6) is 0.599. The van der Waals surface area contributed by atoms with Gasteiger partial charge in [0.1, 0.15) is 6.61 Å². The van der Waals surface area contributed by atoms with E-state index in [1.165, 1.54) is 24.1 Å². The van der Waals surface area contributed by atoms with Gasteiger partial charge in [-0.05, 0) is 59.7 Å². The molecule has 1 aliphatic rings. The van der Waals surface area contributed by atoms with Crippen molar-refractivity contribution in [2.75, 3.05) is 12.0 Å². The van der Waals surface area contributed by atoms with Gasteiger partial charge in [-0.3, -0.25) is 19.8 Å². The molecule has 4 rings (SSSR count). The number of hydrogen-bond acceptors (Lipinski definition) is 7. The highest BCUT2D eigenvalue weighted by Gasteiger charge is 2.34. The van der Waals surface area contributed by atoms with Crippen LogP contribution in [0.3, 0.4) is 0 Å². The molecule has 0 N–H and O–H groups in total. The molecule has 0 spiro atoms. The van der Waals surface area contributed by atoms with Gasteiger partial charge in [0, 0.05) is 21.6 Å². The Labute approximate surface area is 234 Å². The Morgan fingerprint density at radius 3 is 2.50 bits per heavy atom. The van der Waals surface area contributed by atoms with Crippen LogP contribution in [-0.2, 0) is 11.4 Å². The van der Waals surface area contributed by atoms with Crippen LogP contribution >= 0.6 is 63.1 Å². The van der Waals surface area contributed by atoms with Crippen molar-refractivity contribution in [1.82, 2.24) is 0 Å². The fourth-order valence-electron chi connectivity index (χ4n) is 3.29. The summed E-state index contributed by atoms with van der Waals surface area (Å²) in [6.07, 6.45) is 1.70. The largest absolute Gasteiger partial charge is 0.493 e. The molecule has 0 aliphatic carbocycles. The second-order valence-corrected chi connectivity index (χ2v) is 10.7. The van der Waals surface area contributed by atoms with Crippen molar-refractivity contribution < 1.29 is 19.2 Å². The summed E-state index contributed by atoms with van der Waals surface area (Å²) in [6, 6.07) is 14.4. The average Bonchev–Trinajstić information content (AvgIpc) is 3.12. The number of nitro groups is 1. The molecule has 3 aromatic rings. The predicted molar refractivity (Wildman–Crippen MR) is 150 cm³/mol. The Morgan fingerprint density at radius 1 is 1.14 bits per heavy atom. The van der Waals surface area contributed by atoms with E-state index in [0.29, 0.717) is 46.5 Å². The zero-order valence-electron chi connectivity index (χ0n) is 18.4. The molecular formula is C24H15BrCl2N2O5S2. The van der Waals surface area contributed by atoms with E-state index in [-0.39, 0.29) is 18.2 Å². The molecule has 36 heavy (non-hydrogen) atoms. The highest BCUT2D eigenvalue weighted by Crippen LogP contribution is 2.41. The Bertz CT molecular complexity index is 1420. The molecular weight excluding hydrogens is 611 g/mol. The number of carbonyl (C=O) groups excluding carboxylic acids is 1. The number of carbonyl (C=O) groups is 1. The van der Waals surface area contributed by atoms with Crippen molar-refractivity contribution in [2.24, 2.45) is 0 Å². The van der Waals surface area contributed by atoms with Gasteiger partial charge in [0.25, 0.3) is 11.6 Å². The number of methoxy groups -OCH3 is 1. The normalized spacial score (nSPS) is 14.4. The van der Waals surface area contributed by atoms with Crippen molar-refractivity contribution in [3.63, 3.8) is 0 Å². The van der Waals surface area contributed by atoms with Gasteiger partial charge in [-0.15, -0.1) is 0 Å². The minimum atomic E-state index is -0.457. The number of hydrogen-bond donors (Lipinski definition) is 0. The Morgan fingerprint density at radius 2 is 1.86 bits per heavy atom. The van der Waals surface area contributed by atoms with Crippen LogP contribution in [0.1, 0.15) is 11.1 Å². The van der Waals surface area contributed by atoms with Gasteiger partial charge >= 0.3 is 0 Å². The lowest BCUT2D eigenvalue weighted by molar-refractivity contribution is -0.384. The zero-order chi connectivity index (χ0) is 26.0. The first-order valence-electron chi connectivity index (χ1n) is 10.1. The SMILES string of the molecule is COc1cc(/C=C2\SC(=S)N(c3ccc(Cl)cc3Cl)C2=O)c(Br)cc1OCc1ccc([N+](=O)[O-])cc1. The van der Waals surface area contributed by atoms with E-state index in [4.69, 9.17) is 44.9 Å². The van der Waals surface area contributed by atoms with E-state index in [9.17, 15) is 14.9 Å². The standard InChI is InChI=1S/C24H15BrCl2N2O5S2/c1-33-20-8-14(17(25)11-21(20)34-12-13-2-5-16(6-3-13)29(31)32)9-22-23(30)28(24(35)36-22)19-7-4-15(26)10-18(19)27/h2-11H,12H2,1H3/b22-9-. The highest BCUT2D eigenvalue weighted by atomic mass is 79.9. The molecule has 0 saturated carbocycles. The third-order valence-electron chi connectivity index (χ3n) is 5.06. The number of ether oxygens (including phenoxy) is 2. The molecule has 1 aliphatic heterocycles. The van der Waals surface area contributed by atoms with Gasteiger partial charge < -0.3 is 9.47 Å². The number of non-ortho nitro benzene ring substituents is 1. The first-order chi connectivity index (χ1) is 17.2. The molecule has 0 unspecified atom stereocenters. The van der Waals surface area contributed by atoms with Crippen LogP contribution in [0.15, 0.2) is 64.0 Å². The smallest absolute Gasteiger partial charge is 0.270 e. The summed E-state index contributed by atoms with van der Waals surface area (Å²) >= 11 is 22.4. The fourth-order valence-corrected chi connectivity index (χ4v) is 5.49. The minimum Gasteiger partial charge on any atom is -0.493 e. The summed E-state index contributed by atoms with van der Waals surface area (Å²) in [5.41, 5.74) is 1.90. The van der Waals surface area contributed by atoms with Crippen molar-refractivity contribution in [2.45, 2.75) is 6.61 Å². The Kier molecular flexibility index (Phi) is 8.21. The molecule has 1 heterocycles. The van der Waals surface area contributed by atoms with Crippen LogP contribution in [-0.4, -0.2) is 22.3 Å². The molecule has 1 saturated heterocycles. The Balaban J connectivity index is 1.56. The maximum absolute atomic E-state index is 13.2. The molecule has 1 fully saturated rings. The van der Waals surface area contributed by atoms with E-state index in [1.54, 1.807) is 48.5 Å². The number of anilines is 1. The van der Waals surface area contributed by atoms with Crippen molar-refractivity contribution in [3.8, 4) is 11.5 Å². The number of halogens is 3. The number of nitro benzene ring substituents is 1. The molecule has 0 radical (unpaired) electrons. The number of thiocarbonyl (C=S) groups is 1. The number of amides is 1. The lowest BCUT2D eigenvalue weighted by Crippen LogP contribution is -2.27. The molecule has 3 aromatic carbocycles. The average molecular weight is 626 g/mol. The van der Waals surface area contributed by atoms with E-state index in [1.807, 2.05) is 0 Å². The first kappa shape index (κ1) is 26.4. The van der Waals surface area contributed by atoms with Crippen LogP contribution in [0, 0.1) is 10.1 Å². The van der Waals surface area contributed by atoms with E-state index in [0.717, 1.165) is 17.3 Å². The van der Waals surface area contributed by atoms with Gasteiger partial charge in [0.05, 0.1) is 27.6 Å². The zero-order valence-corrected chi connectivity index (χ0v) is 23.1. The summed E-state index contributed by atoms with van der Waals surface area (Å²) in [6.45, 7) is 0.181. The van der Waals surface area contributed by atoms with Crippen LogP contribution in [0.5, 0.6) is 11.5 Å². The lowest BCUT2D eigenvalue weighted by Gasteiger charge is -2.16. The van der Waals surface area contributed by atoms with Gasteiger partial charge in [-0.2, -0.15) is 0 Å². The Hall–Kier alpha value is -2.63. The molecule has 0 atom stereocenters. The minimum absolute atomic E-state index is 0.00664. The molecule has 0 bridgehead atoms. The highest BCUT2D eigenvalue weighted by molar-refractivity contribution is 9.10. The van der Waals surface area contributed by atoms with Gasteiger partial charge in [-0.1, -0.05) is 63.1 Å². The predicted octanol–water partition coefficient (Wildman–Crippen LogP) is 7.66. The summed E-state index contributed by atoms with van der Waals surface area (Å²) < 4.78 is 12.4. The van der Waals surface area contributed by atoms with Gasteiger partial charge in [0.2, 0.25) is 0 Å². The fraction of sp³-hybridized carbons (Fsp3) is 0.0833. The number of rotatable bonds is 7. The third-order valence-corrected chi connectivity index (χ3v) is 7.58. The summed E-state index contributed by atoms with van der Waals surface area (Å²) in [7, 11) is 1.51. The number of benzene rings is 3. The quantitative estimate of drug-likeness (QED) is 0.115. The third kappa shape index (κ3) is 5.68. The maximum atomic E-state index is 13.2. The topological polar surface area (TPSA) is 81.9 Å². The van der Waals surface area contributed by atoms with E-state index >= 15 is 0 Å².